The SMILES string of the molecule is C#C.CNC.O=c1cc(CCCNc2c(NCCc3ccsc3)c(=O)c2=O)cc[nH]1. The second-order valence-corrected chi connectivity index (χ2v) is 7.09. The van der Waals surface area contributed by atoms with E-state index in [4.69, 9.17) is 0 Å². The molecule has 0 saturated heterocycles. The van der Waals surface area contributed by atoms with Crippen LogP contribution in [0.4, 0.5) is 11.4 Å². The van der Waals surface area contributed by atoms with Crippen LogP contribution in [0.3, 0.4) is 0 Å². The largest absolute Gasteiger partial charge is 0.380 e. The first-order valence-electron chi connectivity index (χ1n) is 9.48. The molecule has 0 aliphatic heterocycles. The van der Waals surface area contributed by atoms with Crippen LogP contribution in [0, 0.1) is 12.8 Å². The van der Waals surface area contributed by atoms with Crippen molar-refractivity contribution in [2.75, 3.05) is 37.8 Å². The molecular formula is C22H28N4O3S. The Balaban J connectivity index is 0.000000826. The number of aryl methyl sites for hydroxylation is 1. The van der Waals surface area contributed by atoms with E-state index in [9.17, 15) is 14.4 Å². The number of aromatic nitrogens is 1. The maximum atomic E-state index is 11.7. The van der Waals surface area contributed by atoms with E-state index in [0.29, 0.717) is 24.5 Å². The summed E-state index contributed by atoms with van der Waals surface area (Å²) in [6.45, 7) is 1.18. The molecule has 1 aromatic carbocycles. The number of nitrogens with one attached hydrogen (secondary N) is 4. The van der Waals surface area contributed by atoms with Crippen molar-refractivity contribution in [3.63, 3.8) is 0 Å². The quantitative estimate of drug-likeness (QED) is 0.236. The minimum absolute atomic E-state index is 0.120. The molecule has 2 heterocycles. The number of anilines is 2. The maximum absolute atomic E-state index is 11.7. The van der Waals surface area contributed by atoms with Crippen LogP contribution in [0.1, 0.15) is 17.5 Å². The Morgan fingerprint density at radius 1 is 0.933 bits per heavy atom. The van der Waals surface area contributed by atoms with Crippen LogP contribution in [0.25, 0.3) is 0 Å². The van der Waals surface area contributed by atoms with Gasteiger partial charge in [0.25, 0.3) is 10.9 Å². The summed E-state index contributed by atoms with van der Waals surface area (Å²) in [6.07, 6.45) is 11.9. The van der Waals surface area contributed by atoms with E-state index in [-0.39, 0.29) is 5.56 Å². The lowest BCUT2D eigenvalue weighted by atomic mass is 10.1. The summed E-state index contributed by atoms with van der Waals surface area (Å²) in [7, 11) is 3.75. The highest BCUT2D eigenvalue weighted by Gasteiger charge is 2.19. The maximum Gasteiger partial charge on any atom is 0.253 e. The molecule has 3 rings (SSSR count). The highest BCUT2D eigenvalue weighted by atomic mass is 32.1. The number of thiophene rings is 1. The molecule has 4 N–H and O–H groups in total. The van der Waals surface area contributed by atoms with Gasteiger partial charge in [-0.15, -0.1) is 12.8 Å². The molecule has 0 amide bonds. The molecule has 30 heavy (non-hydrogen) atoms. The molecule has 0 bridgehead atoms. The fourth-order valence-electron chi connectivity index (χ4n) is 2.65. The molecule has 0 atom stereocenters. The van der Waals surface area contributed by atoms with Gasteiger partial charge in [-0.1, -0.05) is 0 Å². The van der Waals surface area contributed by atoms with E-state index in [2.05, 4.69) is 39.2 Å². The van der Waals surface area contributed by atoms with E-state index in [1.54, 1.807) is 23.6 Å². The monoisotopic (exact) mass is 428 g/mol. The number of terminal acetylenes is 1. The molecule has 8 heteroatoms. The summed E-state index contributed by atoms with van der Waals surface area (Å²) in [4.78, 5) is 37.2. The molecule has 0 spiro atoms. The zero-order chi connectivity index (χ0) is 22.4. The zero-order valence-corrected chi connectivity index (χ0v) is 18.1. The van der Waals surface area contributed by atoms with Gasteiger partial charge in [-0.05, 0) is 67.4 Å². The van der Waals surface area contributed by atoms with E-state index in [1.807, 2.05) is 31.6 Å². The Labute approximate surface area is 180 Å². The topological polar surface area (TPSA) is 103 Å². The van der Waals surface area contributed by atoms with Crippen molar-refractivity contribution in [3.8, 4) is 12.8 Å². The Hall–Kier alpha value is -3.15. The molecule has 0 fully saturated rings. The zero-order valence-electron chi connectivity index (χ0n) is 17.3. The van der Waals surface area contributed by atoms with Crippen molar-refractivity contribution >= 4 is 22.7 Å². The smallest absolute Gasteiger partial charge is 0.253 e. The van der Waals surface area contributed by atoms with Gasteiger partial charge in [-0.25, -0.2) is 0 Å². The van der Waals surface area contributed by atoms with Crippen molar-refractivity contribution in [2.45, 2.75) is 19.3 Å². The lowest BCUT2D eigenvalue weighted by molar-refractivity contribution is 0.856. The van der Waals surface area contributed by atoms with Gasteiger partial charge < -0.3 is 20.9 Å². The molecule has 7 nitrogen and oxygen atoms in total. The third-order valence-electron chi connectivity index (χ3n) is 3.99. The second kappa shape index (κ2) is 13.9. The fraction of sp³-hybridized carbons (Fsp3) is 0.318. The summed E-state index contributed by atoms with van der Waals surface area (Å²) in [5, 5.41) is 12.9. The predicted molar refractivity (Wildman–Crippen MR) is 127 cm³/mol. The standard InChI is InChI=1S/C18H19N3O3S.C2H7N.C2H2/c22-14-10-12(3-7-19-14)2-1-6-20-15-16(18(24)17(15)23)21-8-4-13-5-9-25-11-13;1-3-2;1-2/h3,5,7,9-11,20-21H,1-2,4,6,8H2,(H,19,22);3H,1-2H3;1-2H. The van der Waals surface area contributed by atoms with Crippen molar-refractivity contribution < 1.29 is 0 Å². The van der Waals surface area contributed by atoms with E-state index in [0.717, 1.165) is 24.8 Å². The first kappa shape index (κ1) is 24.9. The minimum atomic E-state index is -0.464. The number of hydrogen-bond acceptors (Lipinski definition) is 7. The summed E-state index contributed by atoms with van der Waals surface area (Å²) in [5.74, 6) is 0. The summed E-state index contributed by atoms with van der Waals surface area (Å²) in [5.41, 5.74) is 1.88. The molecular weight excluding hydrogens is 400 g/mol. The normalized spacial score (nSPS) is 9.73. The highest BCUT2D eigenvalue weighted by Crippen LogP contribution is 2.15. The van der Waals surface area contributed by atoms with Crippen LogP contribution in [0.15, 0.2) is 49.5 Å². The summed E-state index contributed by atoms with van der Waals surface area (Å²) in [6, 6.07) is 5.47. The van der Waals surface area contributed by atoms with Gasteiger partial charge in [0.15, 0.2) is 0 Å². The number of pyridine rings is 1. The van der Waals surface area contributed by atoms with Crippen LogP contribution < -0.4 is 32.4 Å². The number of aromatic amines is 1. The van der Waals surface area contributed by atoms with Gasteiger partial charge in [-0.2, -0.15) is 11.3 Å². The molecule has 160 valence electrons. The van der Waals surface area contributed by atoms with Crippen molar-refractivity contribution in [3.05, 3.63) is 77.1 Å². The molecule has 3 aromatic rings. The number of H-pyrrole nitrogens is 1. The van der Waals surface area contributed by atoms with Gasteiger partial charge in [0.05, 0.1) is 0 Å². The van der Waals surface area contributed by atoms with Crippen molar-refractivity contribution in [1.29, 1.82) is 0 Å². The van der Waals surface area contributed by atoms with Gasteiger partial charge >= 0.3 is 0 Å². The summed E-state index contributed by atoms with van der Waals surface area (Å²) < 4.78 is 0. The molecule has 0 aliphatic rings. The number of rotatable bonds is 9. The molecule has 0 unspecified atom stereocenters. The first-order valence-corrected chi connectivity index (χ1v) is 10.4. The van der Waals surface area contributed by atoms with Crippen LogP contribution >= 0.6 is 11.3 Å². The van der Waals surface area contributed by atoms with Crippen LogP contribution in [0.5, 0.6) is 0 Å². The Bertz CT molecular complexity index is 1020. The highest BCUT2D eigenvalue weighted by molar-refractivity contribution is 7.07. The Kier molecular flexibility index (Phi) is 11.6. The van der Waals surface area contributed by atoms with Crippen molar-refractivity contribution in [2.24, 2.45) is 0 Å². The van der Waals surface area contributed by atoms with Crippen LogP contribution in [0.2, 0.25) is 0 Å². The molecule has 0 aliphatic carbocycles. The third kappa shape index (κ3) is 7.70. The Morgan fingerprint density at radius 2 is 1.57 bits per heavy atom. The average Bonchev–Trinajstić information content (AvgIpc) is 3.27. The van der Waals surface area contributed by atoms with Gasteiger partial charge in [0.2, 0.25) is 5.56 Å². The Morgan fingerprint density at radius 3 is 2.13 bits per heavy atom. The lowest BCUT2D eigenvalue weighted by Gasteiger charge is -2.14. The lowest BCUT2D eigenvalue weighted by Crippen LogP contribution is -2.38. The molecule has 2 aromatic heterocycles. The van der Waals surface area contributed by atoms with Gasteiger partial charge in [-0.3, -0.25) is 14.4 Å². The van der Waals surface area contributed by atoms with E-state index >= 15 is 0 Å². The summed E-state index contributed by atoms with van der Waals surface area (Å²) >= 11 is 1.64. The van der Waals surface area contributed by atoms with Gasteiger partial charge in [0, 0.05) is 25.4 Å². The second-order valence-electron chi connectivity index (χ2n) is 6.31. The van der Waals surface area contributed by atoms with Gasteiger partial charge in [0.1, 0.15) is 11.4 Å². The molecule has 0 radical (unpaired) electrons. The van der Waals surface area contributed by atoms with Crippen molar-refractivity contribution in [1.82, 2.24) is 10.3 Å². The fourth-order valence-corrected chi connectivity index (χ4v) is 3.35. The van der Waals surface area contributed by atoms with E-state index in [1.165, 1.54) is 5.56 Å². The van der Waals surface area contributed by atoms with E-state index < -0.39 is 10.9 Å². The number of hydrogen-bond donors (Lipinski definition) is 4. The van der Waals surface area contributed by atoms with Crippen LogP contribution in [-0.2, 0) is 12.8 Å². The third-order valence-corrected chi connectivity index (χ3v) is 4.72. The first-order chi connectivity index (χ1) is 14.6. The predicted octanol–water partition coefficient (Wildman–Crippen LogP) is 1.82. The molecule has 0 saturated carbocycles. The van der Waals surface area contributed by atoms with Crippen LogP contribution in [-0.4, -0.2) is 32.2 Å². The minimum Gasteiger partial charge on any atom is -0.380 e. The average molecular weight is 429 g/mol.